The van der Waals surface area contributed by atoms with E-state index in [0.717, 1.165) is 11.1 Å². The fourth-order valence-electron chi connectivity index (χ4n) is 3.64. The fraction of sp³-hybridized carbons (Fsp3) is 0.208. The van der Waals surface area contributed by atoms with Crippen molar-refractivity contribution < 1.29 is 16.8 Å². The van der Waals surface area contributed by atoms with Crippen LogP contribution in [0.5, 0.6) is 0 Å². The van der Waals surface area contributed by atoms with E-state index in [9.17, 15) is 16.8 Å². The number of hydrogen-bond donors (Lipinski definition) is 1. The van der Waals surface area contributed by atoms with Crippen LogP contribution >= 0.6 is 0 Å². The van der Waals surface area contributed by atoms with Crippen LogP contribution < -0.4 is 4.72 Å². The lowest BCUT2D eigenvalue weighted by molar-refractivity contribution is 0.371. The van der Waals surface area contributed by atoms with Gasteiger partial charge in [-0.3, -0.25) is 4.72 Å². The van der Waals surface area contributed by atoms with Gasteiger partial charge in [0.1, 0.15) is 0 Å². The van der Waals surface area contributed by atoms with Crippen molar-refractivity contribution in [3.05, 3.63) is 95.6 Å². The zero-order chi connectivity index (χ0) is 23.6. The van der Waals surface area contributed by atoms with Crippen LogP contribution in [-0.4, -0.2) is 32.7 Å². The number of nitrogens with zero attached hydrogens (tertiary/aromatic N) is 2. The molecule has 0 amide bonds. The first-order valence-electron chi connectivity index (χ1n) is 10.5. The summed E-state index contributed by atoms with van der Waals surface area (Å²) < 4.78 is 54.6. The summed E-state index contributed by atoms with van der Waals surface area (Å²) in [6, 6.07) is 22.3. The third-order valence-corrected chi connectivity index (χ3v) is 8.47. The van der Waals surface area contributed by atoms with Crippen molar-refractivity contribution in [2.24, 2.45) is 5.10 Å². The summed E-state index contributed by atoms with van der Waals surface area (Å²) in [5, 5.41) is 4.53. The van der Waals surface area contributed by atoms with Gasteiger partial charge in [0, 0.05) is 12.1 Å². The third-order valence-electron chi connectivity index (χ3n) is 5.47. The summed E-state index contributed by atoms with van der Waals surface area (Å²) in [6.45, 7) is 3.54. The normalized spacial score (nSPS) is 16.5. The first kappa shape index (κ1) is 23.0. The van der Waals surface area contributed by atoms with Gasteiger partial charge in [0.25, 0.3) is 10.0 Å². The van der Waals surface area contributed by atoms with E-state index in [-0.39, 0.29) is 10.6 Å². The second kappa shape index (κ2) is 8.99. The molecule has 9 heteroatoms. The highest BCUT2D eigenvalue weighted by molar-refractivity contribution is 7.92. The van der Waals surface area contributed by atoms with E-state index in [0.29, 0.717) is 23.4 Å². The number of sulfonamides is 2. The van der Waals surface area contributed by atoms with Crippen LogP contribution in [-0.2, 0) is 20.0 Å². The molecule has 3 aromatic carbocycles. The molecule has 0 radical (unpaired) electrons. The largest absolute Gasteiger partial charge is 0.284 e. The number of aryl methyl sites for hydroxylation is 1. The molecule has 4 rings (SSSR count). The molecule has 3 aromatic rings. The second-order valence-electron chi connectivity index (χ2n) is 7.85. The maximum Gasteiger partial charge on any atom is 0.279 e. The van der Waals surface area contributed by atoms with Crippen molar-refractivity contribution in [1.82, 2.24) is 4.41 Å². The Morgan fingerprint density at radius 3 is 2.30 bits per heavy atom. The summed E-state index contributed by atoms with van der Waals surface area (Å²) in [5.74, 6) is -0.0449. The van der Waals surface area contributed by atoms with Crippen molar-refractivity contribution >= 4 is 31.4 Å². The van der Waals surface area contributed by atoms with Gasteiger partial charge in [-0.25, -0.2) is 8.42 Å². The van der Waals surface area contributed by atoms with Gasteiger partial charge in [-0.2, -0.15) is 17.9 Å². The molecule has 0 fully saturated rings. The first-order valence-corrected chi connectivity index (χ1v) is 13.6. The Bertz CT molecular complexity index is 1390. The third kappa shape index (κ3) is 4.94. The van der Waals surface area contributed by atoms with Gasteiger partial charge in [-0.05, 0) is 49.2 Å². The van der Waals surface area contributed by atoms with Gasteiger partial charge in [0.2, 0.25) is 10.0 Å². The van der Waals surface area contributed by atoms with Crippen LogP contribution in [0.25, 0.3) is 0 Å². The number of hydrogen-bond acceptors (Lipinski definition) is 5. The predicted octanol–water partition coefficient (Wildman–Crippen LogP) is 4.30. The lowest BCUT2D eigenvalue weighted by Gasteiger charge is -2.23. The predicted molar refractivity (Wildman–Crippen MR) is 130 cm³/mol. The molecule has 1 heterocycles. The average molecular weight is 484 g/mol. The first-order chi connectivity index (χ1) is 15.7. The molecule has 0 aliphatic carbocycles. The maximum atomic E-state index is 13.5. The highest BCUT2D eigenvalue weighted by Crippen LogP contribution is 2.37. The van der Waals surface area contributed by atoms with Crippen LogP contribution in [0.2, 0.25) is 0 Å². The van der Waals surface area contributed by atoms with Gasteiger partial charge in [0.15, 0.2) is 0 Å². The molecule has 0 saturated carbocycles. The molecule has 1 aliphatic heterocycles. The average Bonchev–Trinajstić information content (AvgIpc) is 3.27. The van der Waals surface area contributed by atoms with Crippen LogP contribution in [0.1, 0.15) is 36.1 Å². The van der Waals surface area contributed by atoms with Crippen molar-refractivity contribution in [1.29, 1.82) is 0 Å². The summed E-state index contributed by atoms with van der Waals surface area (Å²) >= 11 is 0. The summed E-state index contributed by atoms with van der Waals surface area (Å²) in [7, 11) is -7.33. The second-order valence-corrected chi connectivity index (χ2v) is 11.7. The van der Waals surface area contributed by atoms with Gasteiger partial charge in [-0.1, -0.05) is 60.2 Å². The maximum absolute atomic E-state index is 13.5. The zero-order valence-corrected chi connectivity index (χ0v) is 20.0. The molecule has 1 atom stereocenters. The van der Waals surface area contributed by atoms with Crippen molar-refractivity contribution in [3.63, 3.8) is 0 Å². The smallest absolute Gasteiger partial charge is 0.279 e. The Morgan fingerprint density at radius 1 is 0.939 bits per heavy atom. The van der Waals surface area contributed by atoms with E-state index in [4.69, 9.17) is 0 Å². The van der Waals surface area contributed by atoms with Crippen molar-refractivity contribution in [2.75, 3.05) is 10.5 Å². The molecule has 33 heavy (non-hydrogen) atoms. The lowest BCUT2D eigenvalue weighted by Crippen LogP contribution is -2.27. The van der Waals surface area contributed by atoms with Crippen LogP contribution in [0, 0.1) is 6.92 Å². The minimum absolute atomic E-state index is 0.0449. The fourth-order valence-corrected chi connectivity index (χ4v) is 5.72. The zero-order valence-electron chi connectivity index (χ0n) is 18.3. The lowest BCUT2D eigenvalue weighted by atomic mass is 9.98. The molecule has 1 aliphatic rings. The van der Waals surface area contributed by atoms with Crippen LogP contribution in [0.4, 0.5) is 5.69 Å². The van der Waals surface area contributed by atoms with Crippen molar-refractivity contribution in [3.8, 4) is 0 Å². The Balaban J connectivity index is 1.76. The van der Waals surface area contributed by atoms with Gasteiger partial charge in [-0.15, -0.1) is 0 Å². The van der Waals surface area contributed by atoms with E-state index in [1.54, 1.807) is 61.5 Å². The molecule has 1 N–H and O–H groups in total. The van der Waals surface area contributed by atoms with Crippen LogP contribution in [0.3, 0.4) is 0 Å². The molecular weight excluding hydrogens is 458 g/mol. The van der Waals surface area contributed by atoms with E-state index in [1.807, 2.05) is 31.2 Å². The van der Waals surface area contributed by atoms with Crippen molar-refractivity contribution in [2.45, 2.75) is 31.2 Å². The minimum Gasteiger partial charge on any atom is -0.284 e. The summed E-state index contributed by atoms with van der Waals surface area (Å²) in [5.41, 5.74) is 3.55. The molecule has 0 spiro atoms. The Labute approximate surface area is 194 Å². The molecule has 0 bridgehead atoms. The van der Waals surface area contributed by atoms with Crippen LogP contribution in [0.15, 0.2) is 88.9 Å². The standard InChI is InChI=1S/C24H25N3O4S2/c1-3-32(28,29)26-21-9-7-8-20(16-21)23-17-24(19-14-12-18(2)13-15-19)27(25-23)33(30,31)22-10-5-4-6-11-22/h4-16,24,26H,3,17H2,1-2H3/t24-/m1/s1. The number of anilines is 1. The summed E-state index contributed by atoms with van der Waals surface area (Å²) in [6.07, 6.45) is 0.360. The number of nitrogens with one attached hydrogen (secondary N) is 1. The van der Waals surface area contributed by atoms with Gasteiger partial charge < -0.3 is 0 Å². The van der Waals surface area contributed by atoms with E-state index in [1.165, 1.54) is 4.41 Å². The molecular formula is C24H25N3O4S2. The van der Waals surface area contributed by atoms with E-state index >= 15 is 0 Å². The quantitative estimate of drug-likeness (QED) is 0.542. The van der Waals surface area contributed by atoms with E-state index in [2.05, 4.69) is 9.82 Å². The number of benzene rings is 3. The molecule has 0 saturated heterocycles. The summed E-state index contributed by atoms with van der Waals surface area (Å²) in [4.78, 5) is 0.163. The number of hydrazone groups is 1. The topological polar surface area (TPSA) is 95.9 Å². The minimum atomic E-state index is -3.90. The molecule has 7 nitrogen and oxygen atoms in total. The molecule has 0 unspecified atom stereocenters. The SMILES string of the molecule is CCS(=O)(=O)Nc1cccc(C2=NN(S(=O)(=O)c3ccccc3)[C@@H](c3ccc(C)cc3)C2)c1. The Kier molecular flexibility index (Phi) is 6.27. The highest BCUT2D eigenvalue weighted by atomic mass is 32.2. The molecule has 172 valence electrons. The van der Waals surface area contributed by atoms with Gasteiger partial charge >= 0.3 is 0 Å². The highest BCUT2D eigenvalue weighted by Gasteiger charge is 2.37. The molecule has 0 aromatic heterocycles. The van der Waals surface area contributed by atoms with Gasteiger partial charge in [0.05, 0.1) is 22.4 Å². The Hall–Kier alpha value is -3.17. The number of rotatable bonds is 7. The Morgan fingerprint density at radius 2 is 1.64 bits per heavy atom. The monoisotopic (exact) mass is 483 g/mol. The van der Waals surface area contributed by atoms with E-state index < -0.39 is 26.1 Å².